The Hall–Kier alpha value is 0.170. The zero-order valence-corrected chi connectivity index (χ0v) is 6.86. The lowest BCUT2D eigenvalue weighted by atomic mass is 10.2. The van der Waals surface area contributed by atoms with Crippen molar-refractivity contribution in [2.75, 3.05) is 20.3 Å². The second-order valence-corrected chi connectivity index (χ2v) is 2.45. The summed E-state index contributed by atoms with van der Waals surface area (Å²) in [5.74, 6) is 0. The third-order valence-electron chi connectivity index (χ3n) is 1.57. The van der Waals surface area contributed by atoms with Crippen molar-refractivity contribution < 1.29 is 9.84 Å². The molecule has 10 heavy (non-hydrogen) atoms. The number of hydrogen-bond donors (Lipinski definition) is 2. The SMILES string of the molecule is COC[C@H]1C[C@H](O)CN1.Cl. The number of methoxy groups -OCH3 is 1. The fraction of sp³-hybridized carbons (Fsp3) is 1.00. The van der Waals surface area contributed by atoms with Crippen molar-refractivity contribution in [2.24, 2.45) is 0 Å². The predicted octanol–water partition coefficient (Wildman–Crippen LogP) is -0.223. The van der Waals surface area contributed by atoms with Crippen LogP contribution in [0.3, 0.4) is 0 Å². The summed E-state index contributed by atoms with van der Waals surface area (Å²) in [6.07, 6.45) is 0.665. The van der Waals surface area contributed by atoms with Crippen LogP contribution in [0.4, 0.5) is 0 Å². The largest absolute Gasteiger partial charge is 0.392 e. The monoisotopic (exact) mass is 167 g/mol. The number of ether oxygens (including phenoxy) is 1. The molecule has 0 radical (unpaired) electrons. The van der Waals surface area contributed by atoms with Gasteiger partial charge in [0, 0.05) is 19.7 Å². The average Bonchev–Trinajstić information content (AvgIpc) is 2.17. The molecule has 0 spiro atoms. The Bertz CT molecular complexity index is 89.8. The molecule has 1 aliphatic rings. The van der Waals surface area contributed by atoms with Gasteiger partial charge in [-0.25, -0.2) is 0 Å². The van der Waals surface area contributed by atoms with Gasteiger partial charge in [-0.05, 0) is 6.42 Å². The molecule has 0 aromatic rings. The van der Waals surface area contributed by atoms with Crippen molar-refractivity contribution in [3.8, 4) is 0 Å². The first-order chi connectivity index (χ1) is 4.33. The summed E-state index contributed by atoms with van der Waals surface area (Å²) in [5, 5.41) is 12.1. The van der Waals surface area contributed by atoms with Crippen molar-refractivity contribution in [3.05, 3.63) is 0 Å². The van der Waals surface area contributed by atoms with Gasteiger partial charge in [-0.1, -0.05) is 0 Å². The van der Waals surface area contributed by atoms with Crippen molar-refractivity contribution in [2.45, 2.75) is 18.6 Å². The standard InChI is InChI=1S/C6H13NO2.ClH/c1-9-4-5-2-6(8)3-7-5;/h5-8H,2-4H2,1H3;1H/t5-,6+;/m1./s1. The van der Waals surface area contributed by atoms with Crippen molar-refractivity contribution in [1.82, 2.24) is 5.32 Å². The summed E-state index contributed by atoms with van der Waals surface area (Å²) < 4.78 is 4.90. The Kier molecular flexibility index (Phi) is 4.99. The smallest absolute Gasteiger partial charge is 0.0680 e. The first-order valence-corrected chi connectivity index (χ1v) is 3.23. The fourth-order valence-corrected chi connectivity index (χ4v) is 1.13. The van der Waals surface area contributed by atoms with E-state index in [4.69, 9.17) is 9.84 Å². The average molecular weight is 168 g/mol. The molecular formula is C6H14ClNO2. The van der Waals surface area contributed by atoms with Gasteiger partial charge >= 0.3 is 0 Å². The van der Waals surface area contributed by atoms with Crippen LogP contribution >= 0.6 is 12.4 Å². The number of halogens is 1. The van der Waals surface area contributed by atoms with Gasteiger partial charge in [0.05, 0.1) is 12.7 Å². The van der Waals surface area contributed by atoms with E-state index in [1.165, 1.54) is 0 Å². The molecular weight excluding hydrogens is 154 g/mol. The number of β-amino-alcohol motifs (C(OH)–C–C–N with tert-alkyl or cyclic N) is 1. The van der Waals surface area contributed by atoms with Crippen molar-refractivity contribution >= 4 is 12.4 Å². The molecule has 1 rings (SSSR count). The van der Waals surface area contributed by atoms with E-state index in [0.717, 1.165) is 6.42 Å². The molecule has 4 heteroatoms. The summed E-state index contributed by atoms with van der Waals surface area (Å²) in [6, 6.07) is 0.366. The van der Waals surface area contributed by atoms with E-state index in [0.29, 0.717) is 19.2 Å². The summed E-state index contributed by atoms with van der Waals surface area (Å²) in [4.78, 5) is 0. The van der Waals surface area contributed by atoms with E-state index in [1.807, 2.05) is 0 Å². The molecule has 0 aromatic heterocycles. The molecule has 0 saturated carbocycles. The lowest BCUT2D eigenvalue weighted by molar-refractivity contribution is 0.157. The van der Waals surface area contributed by atoms with Crippen LogP contribution in [0.25, 0.3) is 0 Å². The second kappa shape index (κ2) is 4.91. The third kappa shape index (κ3) is 2.84. The zero-order chi connectivity index (χ0) is 6.69. The molecule has 1 aliphatic heterocycles. The number of nitrogens with one attached hydrogen (secondary N) is 1. The van der Waals surface area contributed by atoms with Crippen LogP contribution in [0.1, 0.15) is 6.42 Å². The number of aliphatic hydroxyl groups is 1. The molecule has 0 bridgehead atoms. The van der Waals surface area contributed by atoms with Gasteiger partial charge in [0.25, 0.3) is 0 Å². The van der Waals surface area contributed by atoms with Gasteiger partial charge in [0.15, 0.2) is 0 Å². The Labute approximate surface area is 67.2 Å². The highest BCUT2D eigenvalue weighted by Gasteiger charge is 2.20. The van der Waals surface area contributed by atoms with Crippen LogP contribution in [0.5, 0.6) is 0 Å². The van der Waals surface area contributed by atoms with Crippen LogP contribution in [-0.2, 0) is 4.74 Å². The summed E-state index contributed by atoms with van der Waals surface area (Å²) in [6.45, 7) is 1.42. The van der Waals surface area contributed by atoms with Gasteiger partial charge in [0.2, 0.25) is 0 Å². The van der Waals surface area contributed by atoms with Gasteiger partial charge in [-0.15, -0.1) is 12.4 Å². The third-order valence-corrected chi connectivity index (χ3v) is 1.57. The quantitative estimate of drug-likeness (QED) is 0.598. The number of rotatable bonds is 2. The predicted molar refractivity (Wildman–Crippen MR) is 41.5 cm³/mol. The van der Waals surface area contributed by atoms with Gasteiger partial charge in [-0.3, -0.25) is 0 Å². The molecule has 0 aromatic carbocycles. The Balaban J connectivity index is 0.000000810. The van der Waals surface area contributed by atoms with Gasteiger partial charge in [0.1, 0.15) is 0 Å². The van der Waals surface area contributed by atoms with E-state index in [-0.39, 0.29) is 18.5 Å². The summed E-state index contributed by atoms with van der Waals surface area (Å²) >= 11 is 0. The number of aliphatic hydroxyl groups excluding tert-OH is 1. The highest BCUT2D eigenvalue weighted by Crippen LogP contribution is 2.05. The lowest BCUT2D eigenvalue weighted by Crippen LogP contribution is -2.25. The molecule has 62 valence electrons. The van der Waals surface area contributed by atoms with Crippen LogP contribution in [0, 0.1) is 0 Å². The van der Waals surface area contributed by atoms with Crippen molar-refractivity contribution in [1.29, 1.82) is 0 Å². The molecule has 1 fully saturated rings. The first kappa shape index (κ1) is 10.2. The Morgan fingerprint density at radius 3 is 2.80 bits per heavy atom. The van der Waals surface area contributed by atoms with E-state index in [2.05, 4.69) is 5.32 Å². The molecule has 2 N–H and O–H groups in total. The minimum Gasteiger partial charge on any atom is -0.392 e. The molecule has 2 atom stereocenters. The van der Waals surface area contributed by atoms with E-state index < -0.39 is 0 Å². The van der Waals surface area contributed by atoms with E-state index in [1.54, 1.807) is 7.11 Å². The van der Waals surface area contributed by atoms with Crippen LogP contribution < -0.4 is 5.32 Å². The maximum atomic E-state index is 9.01. The lowest BCUT2D eigenvalue weighted by Gasteiger charge is -2.06. The topological polar surface area (TPSA) is 41.5 Å². The minimum atomic E-state index is -0.162. The van der Waals surface area contributed by atoms with E-state index >= 15 is 0 Å². The van der Waals surface area contributed by atoms with Crippen LogP contribution in [0.2, 0.25) is 0 Å². The highest BCUT2D eigenvalue weighted by molar-refractivity contribution is 5.85. The zero-order valence-electron chi connectivity index (χ0n) is 6.04. The molecule has 3 nitrogen and oxygen atoms in total. The van der Waals surface area contributed by atoms with Crippen molar-refractivity contribution in [3.63, 3.8) is 0 Å². The molecule has 0 amide bonds. The normalized spacial score (nSPS) is 31.8. The number of hydrogen-bond acceptors (Lipinski definition) is 3. The highest BCUT2D eigenvalue weighted by atomic mass is 35.5. The first-order valence-electron chi connectivity index (χ1n) is 3.23. The Morgan fingerprint density at radius 2 is 2.40 bits per heavy atom. The van der Waals surface area contributed by atoms with E-state index in [9.17, 15) is 0 Å². The molecule has 1 heterocycles. The summed E-state index contributed by atoms with van der Waals surface area (Å²) in [5.41, 5.74) is 0. The summed E-state index contributed by atoms with van der Waals surface area (Å²) in [7, 11) is 1.67. The Morgan fingerprint density at radius 1 is 1.70 bits per heavy atom. The van der Waals surface area contributed by atoms with Crippen LogP contribution in [-0.4, -0.2) is 37.5 Å². The van der Waals surface area contributed by atoms with Crippen LogP contribution in [0.15, 0.2) is 0 Å². The fourth-order valence-electron chi connectivity index (χ4n) is 1.13. The molecule has 1 saturated heterocycles. The maximum absolute atomic E-state index is 9.01. The van der Waals surface area contributed by atoms with Gasteiger partial charge < -0.3 is 15.2 Å². The molecule has 0 aliphatic carbocycles. The maximum Gasteiger partial charge on any atom is 0.0680 e. The van der Waals surface area contributed by atoms with Gasteiger partial charge in [-0.2, -0.15) is 0 Å². The minimum absolute atomic E-state index is 0. The molecule has 0 unspecified atom stereocenters. The second-order valence-electron chi connectivity index (χ2n) is 2.45.